The van der Waals surface area contributed by atoms with Crippen molar-refractivity contribution in [2.24, 2.45) is 0 Å². The summed E-state index contributed by atoms with van der Waals surface area (Å²) < 4.78 is 19.6. The number of thiol groups is 1. The van der Waals surface area contributed by atoms with Crippen LogP contribution in [0.1, 0.15) is 64.2 Å². The fraction of sp³-hybridized carbons (Fsp3) is 0.571. The number of carbonyl (C=O) groups excluding carboxylic acids is 3. The highest BCUT2D eigenvalue weighted by atomic mass is 79.9. The maximum atomic E-state index is 13.9. The van der Waals surface area contributed by atoms with E-state index in [1.165, 1.54) is 17.9 Å². The normalized spacial score (nSPS) is 21.9. The van der Waals surface area contributed by atoms with Crippen molar-refractivity contribution in [1.29, 1.82) is 0 Å². The number of ketones is 1. The number of amides is 2. The second-order valence-electron chi connectivity index (χ2n) is 8.39. The van der Waals surface area contributed by atoms with Gasteiger partial charge in [0.1, 0.15) is 17.0 Å². The first kappa shape index (κ1) is 24.7. The first-order valence-electron chi connectivity index (χ1n) is 9.83. The summed E-state index contributed by atoms with van der Waals surface area (Å²) in [6.07, 6.45) is 1.02. The molecule has 1 aliphatic rings. The van der Waals surface area contributed by atoms with Gasteiger partial charge in [-0.1, -0.05) is 6.92 Å². The second-order valence-corrected chi connectivity index (χ2v) is 9.87. The molecule has 0 bridgehead atoms. The molecule has 6 nitrogen and oxygen atoms in total. The monoisotopic (exact) mass is 502 g/mol. The van der Waals surface area contributed by atoms with Crippen LogP contribution in [0.3, 0.4) is 0 Å². The molecule has 2 atom stereocenters. The number of hydrogen-bond donors (Lipinski definition) is 2. The average Bonchev–Trinajstić information content (AvgIpc) is 2.62. The summed E-state index contributed by atoms with van der Waals surface area (Å²) in [6, 6.07) is 2.42. The Morgan fingerprint density at radius 2 is 2.00 bits per heavy atom. The molecule has 0 saturated carbocycles. The molecule has 1 heterocycles. The highest BCUT2D eigenvalue weighted by molar-refractivity contribution is 9.10. The zero-order chi connectivity index (χ0) is 22.9. The van der Waals surface area contributed by atoms with Crippen LogP contribution < -0.4 is 5.32 Å². The Morgan fingerprint density at radius 1 is 1.37 bits per heavy atom. The number of rotatable bonds is 4. The quantitative estimate of drug-likeness (QED) is 0.437. The van der Waals surface area contributed by atoms with Crippen molar-refractivity contribution in [1.82, 2.24) is 4.90 Å². The molecule has 2 unspecified atom stereocenters. The topological polar surface area (TPSA) is 75.7 Å². The summed E-state index contributed by atoms with van der Waals surface area (Å²) in [4.78, 5) is 39.9. The molecule has 1 aromatic carbocycles. The Kier molecular flexibility index (Phi) is 7.61. The van der Waals surface area contributed by atoms with E-state index in [4.69, 9.17) is 4.74 Å². The van der Waals surface area contributed by atoms with Gasteiger partial charge in [0.25, 0.3) is 5.91 Å². The molecule has 0 spiro atoms. The molecule has 2 amide bonds. The van der Waals surface area contributed by atoms with Crippen molar-refractivity contribution in [2.75, 3.05) is 11.9 Å². The Balaban J connectivity index is 2.48. The molecule has 1 aliphatic heterocycles. The number of hydrogen-bond acceptors (Lipinski definition) is 5. The Labute approximate surface area is 190 Å². The van der Waals surface area contributed by atoms with Crippen LogP contribution in [0.5, 0.6) is 0 Å². The lowest BCUT2D eigenvalue weighted by Gasteiger charge is -2.48. The minimum Gasteiger partial charge on any atom is -0.444 e. The van der Waals surface area contributed by atoms with Crippen LogP contribution in [0, 0.1) is 5.82 Å². The van der Waals surface area contributed by atoms with E-state index >= 15 is 0 Å². The molecule has 30 heavy (non-hydrogen) atoms. The van der Waals surface area contributed by atoms with Crippen LogP contribution >= 0.6 is 28.6 Å². The van der Waals surface area contributed by atoms with Gasteiger partial charge in [0.2, 0.25) is 0 Å². The first-order chi connectivity index (χ1) is 13.8. The summed E-state index contributed by atoms with van der Waals surface area (Å²) in [5, 5.41) is 2.31. The lowest BCUT2D eigenvalue weighted by atomic mass is 9.82. The lowest BCUT2D eigenvalue weighted by molar-refractivity contribution is -0.130. The summed E-state index contributed by atoms with van der Waals surface area (Å²) in [6.45, 7) is 8.72. The number of halogens is 2. The highest BCUT2D eigenvalue weighted by Gasteiger charge is 2.53. The minimum atomic E-state index is -1.28. The molecule has 0 aliphatic carbocycles. The van der Waals surface area contributed by atoms with Gasteiger partial charge in [-0.3, -0.25) is 14.5 Å². The fourth-order valence-electron chi connectivity index (χ4n) is 3.67. The number of nitrogens with zero attached hydrogens (tertiary/aromatic N) is 1. The minimum absolute atomic E-state index is 0.0469. The van der Waals surface area contributed by atoms with Gasteiger partial charge in [0.15, 0.2) is 5.78 Å². The highest BCUT2D eigenvalue weighted by Crippen LogP contribution is 2.38. The number of likely N-dealkylation sites (tertiary alicyclic amines) is 1. The standard InChI is InChI=1S/C21H28BrFN2O4S/c1-6-21(17(30)8-7-9-25(21)19(28)29-20(3,4)5)18(27)24-16-11-14(22)15(23)10-13(16)12(2)26/h10-11,17,30H,6-9H2,1-5H3,(H,24,27). The van der Waals surface area contributed by atoms with Crippen molar-refractivity contribution in [3.63, 3.8) is 0 Å². The number of anilines is 1. The summed E-state index contributed by atoms with van der Waals surface area (Å²) >= 11 is 7.74. The van der Waals surface area contributed by atoms with Gasteiger partial charge in [-0.2, -0.15) is 12.6 Å². The third kappa shape index (κ3) is 4.99. The van der Waals surface area contributed by atoms with Crippen LogP contribution in [0.2, 0.25) is 0 Å². The number of piperidine rings is 1. The van der Waals surface area contributed by atoms with Crippen LogP contribution in [0.15, 0.2) is 16.6 Å². The van der Waals surface area contributed by atoms with Gasteiger partial charge >= 0.3 is 6.09 Å². The average molecular weight is 503 g/mol. The van der Waals surface area contributed by atoms with Gasteiger partial charge < -0.3 is 10.1 Å². The molecule has 1 N–H and O–H groups in total. The number of carbonyl (C=O) groups is 3. The van der Waals surface area contributed by atoms with Gasteiger partial charge in [0.05, 0.1) is 10.2 Å². The molecule has 1 aromatic rings. The van der Waals surface area contributed by atoms with E-state index in [0.717, 1.165) is 6.07 Å². The first-order valence-corrected chi connectivity index (χ1v) is 11.1. The van der Waals surface area contributed by atoms with Crippen LogP contribution in [-0.2, 0) is 9.53 Å². The van der Waals surface area contributed by atoms with Crippen LogP contribution in [-0.4, -0.2) is 45.6 Å². The third-order valence-electron chi connectivity index (χ3n) is 5.13. The van der Waals surface area contributed by atoms with Gasteiger partial charge in [-0.15, -0.1) is 0 Å². The van der Waals surface area contributed by atoms with Crippen LogP contribution in [0.25, 0.3) is 0 Å². The zero-order valence-corrected chi connectivity index (χ0v) is 20.3. The molecule has 0 radical (unpaired) electrons. The molecule has 1 saturated heterocycles. The predicted octanol–water partition coefficient (Wildman–Crippen LogP) is 5.21. The Morgan fingerprint density at radius 3 is 2.53 bits per heavy atom. The fourth-order valence-corrected chi connectivity index (χ4v) is 4.63. The lowest BCUT2D eigenvalue weighted by Crippen LogP contribution is -2.66. The molecule has 0 aromatic heterocycles. The molecule has 1 fully saturated rings. The maximum Gasteiger partial charge on any atom is 0.411 e. The summed E-state index contributed by atoms with van der Waals surface area (Å²) in [7, 11) is 0. The van der Waals surface area contributed by atoms with Gasteiger partial charge in [0, 0.05) is 17.4 Å². The smallest absolute Gasteiger partial charge is 0.411 e. The van der Waals surface area contributed by atoms with E-state index in [2.05, 4.69) is 33.9 Å². The number of nitrogens with one attached hydrogen (secondary N) is 1. The van der Waals surface area contributed by atoms with Crippen molar-refractivity contribution in [3.8, 4) is 0 Å². The van der Waals surface area contributed by atoms with E-state index in [1.807, 2.05) is 0 Å². The van der Waals surface area contributed by atoms with Crippen molar-refractivity contribution < 1.29 is 23.5 Å². The number of ether oxygens (including phenoxy) is 1. The SMILES string of the molecule is CCC1(C(=O)Nc2cc(Br)c(F)cc2C(C)=O)C(S)CCCN1C(=O)OC(C)(C)C. The molecule has 166 valence electrons. The maximum absolute atomic E-state index is 13.9. The number of Topliss-reactive ketones (excluding diaryl/α,β-unsaturated/α-hetero) is 1. The Bertz CT molecular complexity index is 858. The third-order valence-corrected chi connectivity index (χ3v) is 6.42. The van der Waals surface area contributed by atoms with E-state index in [0.29, 0.717) is 25.8 Å². The second kappa shape index (κ2) is 9.26. The van der Waals surface area contributed by atoms with Crippen LogP contribution in [0.4, 0.5) is 14.9 Å². The van der Waals surface area contributed by atoms with E-state index < -0.39 is 40.0 Å². The van der Waals surface area contributed by atoms with Gasteiger partial charge in [-0.25, -0.2) is 9.18 Å². The van der Waals surface area contributed by atoms with E-state index in [-0.39, 0.29) is 15.7 Å². The van der Waals surface area contributed by atoms with E-state index in [9.17, 15) is 18.8 Å². The summed E-state index contributed by atoms with van der Waals surface area (Å²) in [5.41, 5.74) is -1.78. The summed E-state index contributed by atoms with van der Waals surface area (Å²) in [5.74, 6) is -1.49. The zero-order valence-electron chi connectivity index (χ0n) is 17.8. The Hall–Kier alpha value is -1.61. The number of benzene rings is 1. The predicted molar refractivity (Wildman–Crippen MR) is 121 cm³/mol. The largest absolute Gasteiger partial charge is 0.444 e. The molecular weight excluding hydrogens is 475 g/mol. The van der Waals surface area contributed by atoms with Gasteiger partial charge in [-0.05, 0) is 75.0 Å². The van der Waals surface area contributed by atoms with Crippen molar-refractivity contribution in [3.05, 3.63) is 28.0 Å². The molecule has 2 rings (SSSR count). The van der Waals surface area contributed by atoms with Crippen molar-refractivity contribution >= 4 is 52.0 Å². The van der Waals surface area contributed by atoms with E-state index in [1.54, 1.807) is 27.7 Å². The molecule has 9 heteroatoms. The van der Waals surface area contributed by atoms with Crippen molar-refractivity contribution in [2.45, 2.75) is 70.3 Å². The molecular formula is C21H28BrFN2O4S.